The van der Waals surface area contributed by atoms with Crippen LogP contribution in [0.15, 0.2) is 24.3 Å². The zero-order valence-electron chi connectivity index (χ0n) is 15.6. The molecule has 1 amide bonds. The molecule has 1 saturated carbocycles. The molecule has 0 spiro atoms. The first-order valence-corrected chi connectivity index (χ1v) is 9.98. The van der Waals surface area contributed by atoms with Crippen molar-refractivity contribution in [2.45, 2.75) is 58.3 Å². The van der Waals surface area contributed by atoms with Crippen molar-refractivity contribution in [2.24, 2.45) is 5.92 Å². The molecule has 0 bridgehead atoms. The number of nitrogens with zero attached hydrogens (tertiary/aromatic N) is 1. The lowest BCUT2D eigenvalue weighted by Crippen LogP contribution is -3.10. The van der Waals surface area contributed by atoms with Gasteiger partial charge in [-0.25, -0.2) is 0 Å². The van der Waals surface area contributed by atoms with E-state index in [1.54, 1.807) is 4.90 Å². The van der Waals surface area contributed by atoms with Gasteiger partial charge in [-0.1, -0.05) is 57.2 Å². The lowest BCUT2D eigenvalue weighted by Gasteiger charge is -2.33. The Hall–Kier alpha value is -1.06. The number of hydrogen-bond acceptors (Lipinski definition) is 1. The van der Waals surface area contributed by atoms with E-state index in [4.69, 9.17) is 0 Å². The van der Waals surface area contributed by atoms with Gasteiger partial charge >= 0.3 is 0 Å². The van der Waals surface area contributed by atoms with Crippen molar-refractivity contribution >= 4 is 11.6 Å². The average molecular weight is 365 g/mol. The smallest absolute Gasteiger partial charge is 0.222 e. The van der Waals surface area contributed by atoms with Gasteiger partial charge < -0.3 is 17.3 Å². The van der Waals surface area contributed by atoms with Crippen LogP contribution in [0.4, 0.5) is 5.69 Å². The summed E-state index contributed by atoms with van der Waals surface area (Å²) in [6.07, 6.45) is 9.81. The van der Waals surface area contributed by atoms with E-state index in [9.17, 15) is 4.79 Å². The molecule has 2 fully saturated rings. The second-order valence-electron chi connectivity index (χ2n) is 7.54. The molecule has 1 saturated heterocycles. The minimum absolute atomic E-state index is 0. The largest absolute Gasteiger partial charge is 1.00 e. The van der Waals surface area contributed by atoms with Crippen molar-refractivity contribution in [3.05, 3.63) is 29.8 Å². The fraction of sp³-hybridized carbons (Fsp3) is 0.667. The van der Waals surface area contributed by atoms with Gasteiger partial charge in [-0.3, -0.25) is 9.69 Å². The number of nitrogens with one attached hydrogen (secondary N) is 1. The normalized spacial score (nSPS) is 19.5. The Morgan fingerprint density at radius 3 is 2.48 bits per heavy atom. The second-order valence-corrected chi connectivity index (χ2v) is 7.54. The molecule has 0 atom stereocenters. The van der Waals surface area contributed by atoms with Crippen molar-refractivity contribution in [3.8, 4) is 0 Å². The van der Waals surface area contributed by atoms with Crippen LogP contribution in [0.3, 0.4) is 0 Å². The number of amides is 1. The summed E-state index contributed by atoms with van der Waals surface area (Å²) in [6, 6.07) is 8.77. The Kier molecular flexibility index (Phi) is 8.25. The molecule has 0 aromatic heterocycles. The summed E-state index contributed by atoms with van der Waals surface area (Å²) < 4.78 is 0. The van der Waals surface area contributed by atoms with E-state index in [-0.39, 0.29) is 12.4 Å². The standard InChI is InChI=1S/C21H32N2O.ClH/c1-2-19-10-6-7-11-20(19)22-14-16-23(17-15-22)21(24)13-12-18-8-4-3-5-9-18;/h6-7,10-11,18H,2-5,8-9,12-17H2,1H3;1H. The number of aryl methyl sites for hydroxylation is 1. The van der Waals surface area contributed by atoms with E-state index < -0.39 is 0 Å². The molecule has 0 unspecified atom stereocenters. The second kappa shape index (κ2) is 10.2. The maximum atomic E-state index is 12.5. The van der Waals surface area contributed by atoms with Crippen molar-refractivity contribution in [1.82, 2.24) is 4.90 Å². The van der Waals surface area contributed by atoms with Crippen molar-refractivity contribution in [3.63, 3.8) is 0 Å². The molecular weight excluding hydrogens is 332 g/mol. The number of carbonyl (C=O) groups is 1. The lowest BCUT2D eigenvalue weighted by atomic mass is 9.86. The first-order valence-electron chi connectivity index (χ1n) is 9.98. The lowest BCUT2D eigenvalue weighted by molar-refractivity contribution is -0.837. The number of rotatable bonds is 5. The third-order valence-corrected chi connectivity index (χ3v) is 5.99. The maximum Gasteiger partial charge on any atom is 0.222 e. The zero-order chi connectivity index (χ0) is 16.8. The molecule has 2 aliphatic rings. The molecule has 140 valence electrons. The highest BCUT2D eigenvalue weighted by atomic mass is 35.5. The third-order valence-electron chi connectivity index (χ3n) is 5.99. The molecular formula is C21H33ClN2O. The molecule has 3 rings (SSSR count). The Bertz CT molecular complexity index is 534. The minimum Gasteiger partial charge on any atom is -1.00 e. The molecule has 1 aliphatic heterocycles. The van der Waals surface area contributed by atoms with Gasteiger partial charge in [0.2, 0.25) is 5.91 Å². The van der Waals surface area contributed by atoms with Gasteiger partial charge in [-0.15, -0.1) is 0 Å². The molecule has 1 aromatic carbocycles. The summed E-state index contributed by atoms with van der Waals surface area (Å²) in [5.74, 6) is 1.20. The van der Waals surface area contributed by atoms with Crippen LogP contribution in [0, 0.1) is 5.92 Å². The highest BCUT2D eigenvalue weighted by Crippen LogP contribution is 2.27. The number of para-hydroxylation sites is 1. The number of halogens is 1. The molecule has 4 heteroatoms. The third kappa shape index (κ3) is 5.46. The summed E-state index contributed by atoms with van der Waals surface area (Å²) in [5, 5.41) is 0. The number of quaternary nitrogens is 1. The van der Waals surface area contributed by atoms with Gasteiger partial charge in [0.05, 0.1) is 26.2 Å². The first-order chi connectivity index (χ1) is 11.8. The van der Waals surface area contributed by atoms with Crippen LogP contribution in [0.2, 0.25) is 0 Å². The SMILES string of the molecule is CCc1ccccc1[NH+]1CCN(C(=O)CCC2CCCCC2)CC1.[Cl-]. The van der Waals surface area contributed by atoms with E-state index in [0.717, 1.165) is 51.4 Å². The quantitative estimate of drug-likeness (QED) is 0.780. The maximum absolute atomic E-state index is 12.5. The van der Waals surface area contributed by atoms with E-state index >= 15 is 0 Å². The highest BCUT2D eigenvalue weighted by Gasteiger charge is 2.26. The Labute approximate surface area is 159 Å². The van der Waals surface area contributed by atoms with Crippen molar-refractivity contribution in [2.75, 3.05) is 26.2 Å². The summed E-state index contributed by atoms with van der Waals surface area (Å²) in [4.78, 5) is 16.2. The van der Waals surface area contributed by atoms with E-state index in [2.05, 4.69) is 36.1 Å². The number of benzene rings is 1. The minimum atomic E-state index is 0. The Morgan fingerprint density at radius 2 is 1.80 bits per heavy atom. The Balaban J connectivity index is 0.00000225. The van der Waals surface area contributed by atoms with Gasteiger partial charge in [0.1, 0.15) is 5.69 Å². The molecule has 1 N–H and O–H groups in total. The summed E-state index contributed by atoms with van der Waals surface area (Å²) >= 11 is 0. The monoisotopic (exact) mass is 364 g/mol. The fourth-order valence-corrected chi connectivity index (χ4v) is 4.43. The van der Waals surface area contributed by atoms with E-state index in [0.29, 0.717) is 5.91 Å². The van der Waals surface area contributed by atoms with Crippen LogP contribution < -0.4 is 17.3 Å². The van der Waals surface area contributed by atoms with Crippen LogP contribution in [0.25, 0.3) is 0 Å². The van der Waals surface area contributed by atoms with Crippen molar-refractivity contribution < 1.29 is 22.1 Å². The topological polar surface area (TPSA) is 24.8 Å². The van der Waals surface area contributed by atoms with Crippen molar-refractivity contribution in [1.29, 1.82) is 0 Å². The van der Waals surface area contributed by atoms with Crippen LogP contribution in [0.5, 0.6) is 0 Å². The molecule has 3 nitrogen and oxygen atoms in total. The molecule has 0 radical (unpaired) electrons. The summed E-state index contributed by atoms with van der Waals surface area (Å²) in [6.45, 7) is 6.15. The number of piperazine rings is 1. The van der Waals surface area contributed by atoms with Gasteiger partial charge in [0.15, 0.2) is 0 Å². The van der Waals surface area contributed by atoms with Gasteiger partial charge in [0.25, 0.3) is 0 Å². The van der Waals surface area contributed by atoms with Crippen LogP contribution in [-0.2, 0) is 11.2 Å². The predicted octanol–water partition coefficient (Wildman–Crippen LogP) is -0.0279. The summed E-state index contributed by atoms with van der Waals surface area (Å²) in [7, 11) is 0. The summed E-state index contributed by atoms with van der Waals surface area (Å²) in [5.41, 5.74) is 2.89. The van der Waals surface area contributed by atoms with Crippen LogP contribution >= 0.6 is 0 Å². The fourth-order valence-electron chi connectivity index (χ4n) is 4.43. The first kappa shape index (κ1) is 20.3. The molecule has 25 heavy (non-hydrogen) atoms. The van der Waals surface area contributed by atoms with Crippen LogP contribution in [-0.4, -0.2) is 37.0 Å². The average Bonchev–Trinajstić information content (AvgIpc) is 2.67. The van der Waals surface area contributed by atoms with E-state index in [1.165, 1.54) is 43.4 Å². The van der Waals surface area contributed by atoms with Gasteiger partial charge in [-0.2, -0.15) is 0 Å². The van der Waals surface area contributed by atoms with Gasteiger partial charge in [0, 0.05) is 12.0 Å². The highest BCUT2D eigenvalue weighted by molar-refractivity contribution is 5.76. The molecule has 1 aliphatic carbocycles. The number of carbonyl (C=O) groups excluding carboxylic acids is 1. The zero-order valence-corrected chi connectivity index (χ0v) is 16.4. The van der Waals surface area contributed by atoms with Gasteiger partial charge in [-0.05, 0) is 24.8 Å². The molecule has 1 heterocycles. The van der Waals surface area contributed by atoms with E-state index in [1.807, 2.05) is 0 Å². The number of hydrogen-bond donors (Lipinski definition) is 1. The predicted molar refractivity (Wildman–Crippen MR) is 98.6 cm³/mol. The molecule has 1 aromatic rings. The van der Waals surface area contributed by atoms with Crippen LogP contribution in [0.1, 0.15) is 57.4 Å². The Morgan fingerprint density at radius 1 is 1.12 bits per heavy atom.